The topological polar surface area (TPSA) is 35.2 Å². The van der Waals surface area contributed by atoms with Gasteiger partial charge in [0, 0.05) is 51.1 Å². The van der Waals surface area contributed by atoms with E-state index in [0.717, 1.165) is 45.1 Å². The standard InChI is InChI=1S/C76H72N4O/c1-73(2,3)51-32-30-48(31-33-51)49-40-50(42-54(41-49)76(10,11)12)58-25-18-26-64-60-23-14-13-22-59(60)61-36-34-52(74(4,5)6)43-66(61)65-27-19-29-68-72(65)79(71(58)64)47-78(68)55-20-17-21-56(45-55)81-57-35-37-63-62-24-15-16-28-67(62)80(69(63)46-57)70-44-53(38-39-77-70)75(7,8)9/h13-46H,47H2,1-12H3. The maximum Gasteiger partial charge on any atom is 0.137 e. The van der Waals surface area contributed by atoms with Crippen LogP contribution in [0.5, 0.6) is 11.5 Å². The molecular formula is C76H72N4O. The van der Waals surface area contributed by atoms with Crippen molar-refractivity contribution in [3.05, 3.63) is 229 Å². The quantitative estimate of drug-likeness (QED) is 0.166. The molecule has 0 unspecified atom stereocenters. The van der Waals surface area contributed by atoms with Crippen LogP contribution >= 0.6 is 0 Å². The van der Waals surface area contributed by atoms with Crippen molar-refractivity contribution in [2.24, 2.45) is 0 Å². The van der Waals surface area contributed by atoms with Crippen molar-refractivity contribution < 1.29 is 4.74 Å². The number of hydrogen-bond donors (Lipinski definition) is 0. The molecule has 0 bridgehead atoms. The van der Waals surface area contributed by atoms with Crippen molar-refractivity contribution in [1.82, 2.24) is 14.1 Å². The zero-order valence-electron chi connectivity index (χ0n) is 49.0. The molecule has 5 heteroatoms. The summed E-state index contributed by atoms with van der Waals surface area (Å²) in [6.45, 7) is 28.1. The largest absolute Gasteiger partial charge is 0.457 e. The van der Waals surface area contributed by atoms with E-state index in [1.165, 1.54) is 93.2 Å². The molecule has 5 nitrogen and oxygen atoms in total. The average Bonchev–Trinajstić information content (AvgIpc) is 4.17. The second-order valence-corrected chi connectivity index (χ2v) is 26.6. The maximum absolute atomic E-state index is 6.98. The SMILES string of the molecule is CC(C)(C)c1ccc(-c2cc(-c3cccc4c5ccccc5c5ccc(C(C)(C)C)cc5c5cccc6c5n(c34)CN6c3cccc(Oc4ccc5c6ccccc6n(-c6cc(C(C)(C)C)ccn6)c5c4)c3)cc(C(C)(C)C)c2)cc1. The van der Waals surface area contributed by atoms with Crippen LogP contribution in [0.25, 0.3) is 93.2 Å². The summed E-state index contributed by atoms with van der Waals surface area (Å²) in [4.78, 5) is 7.43. The summed E-state index contributed by atoms with van der Waals surface area (Å²) in [5.41, 5.74) is 16.6. The molecule has 0 atom stereocenters. The Balaban J connectivity index is 1.03. The van der Waals surface area contributed by atoms with Crippen LogP contribution in [0, 0.1) is 0 Å². The Hall–Kier alpha value is -8.67. The summed E-state index contributed by atoms with van der Waals surface area (Å²) in [7, 11) is 0. The third kappa shape index (κ3) is 9.17. The minimum Gasteiger partial charge on any atom is -0.457 e. The van der Waals surface area contributed by atoms with Crippen LogP contribution in [0.1, 0.15) is 105 Å². The monoisotopic (exact) mass is 1060 g/mol. The zero-order chi connectivity index (χ0) is 56.3. The lowest BCUT2D eigenvalue weighted by atomic mass is 9.82. The molecule has 12 aromatic rings. The second-order valence-electron chi connectivity index (χ2n) is 26.6. The van der Waals surface area contributed by atoms with Crippen molar-refractivity contribution in [3.63, 3.8) is 0 Å². The number of anilines is 2. The van der Waals surface area contributed by atoms with Crippen LogP contribution in [0.3, 0.4) is 0 Å². The molecule has 9 aromatic carbocycles. The molecule has 0 N–H and O–H groups in total. The predicted octanol–water partition coefficient (Wildman–Crippen LogP) is 21.1. The Bertz CT molecular complexity index is 4560. The Morgan fingerprint density at radius 1 is 0.370 bits per heavy atom. The highest BCUT2D eigenvalue weighted by Gasteiger charge is 2.28. The summed E-state index contributed by atoms with van der Waals surface area (Å²) < 4.78 is 11.9. The van der Waals surface area contributed by atoms with Gasteiger partial charge in [-0.25, -0.2) is 4.98 Å². The van der Waals surface area contributed by atoms with Crippen LogP contribution in [-0.4, -0.2) is 14.1 Å². The van der Waals surface area contributed by atoms with Gasteiger partial charge in [0.15, 0.2) is 0 Å². The molecule has 0 spiro atoms. The first kappa shape index (κ1) is 51.7. The Kier molecular flexibility index (Phi) is 12.1. The molecule has 81 heavy (non-hydrogen) atoms. The Morgan fingerprint density at radius 3 is 1.67 bits per heavy atom. The molecule has 402 valence electrons. The van der Waals surface area contributed by atoms with E-state index in [2.05, 4.69) is 297 Å². The number of rotatable bonds is 6. The number of benzene rings is 9. The lowest BCUT2D eigenvalue weighted by Crippen LogP contribution is -2.15. The van der Waals surface area contributed by atoms with Gasteiger partial charge in [-0.2, -0.15) is 0 Å². The zero-order valence-corrected chi connectivity index (χ0v) is 49.0. The van der Waals surface area contributed by atoms with Crippen LogP contribution in [0.2, 0.25) is 0 Å². The third-order valence-electron chi connectivity index (χ3n) is 16.9. The molecule has 0 amide bonds. The van der Waals surface area contributed by atoms with Crippen LogP contribution in [0.4, 0.5) is 11.4 Å². The van der Waals surface area contributed by atoms with Gasteiger partial charge in [0.1, 0.15) is 24.0 Å². The lowest BCUT2D eigenvalue weighted by Gasteiger charge is -2.23. The van der Waals surface area contributed by atoms with E-state index in [9.17, 15) is 0 Å². The first-order chi connectivity index (χ1) is 38.7. The summed E-state index contributed by atoms with van der Waals surface area (Å²) in [6, 6.07) is 74.7. The smallest absolute Gasteiger partial charge is 0.137 e. The molecule has 0 fully saturated rings. The molecule has 3 aromatic heterocycles. The van der Waals surface area contributed by atoms with Crippen LogP contribution in [-0.2, 0) is 28.3 Å². The molecule has 13 rings (SSSR count). The predicted molar refractivity (Wildman–Crippen MR) is 345 cm³/mol. The van der Waals surface area contributed by atoms with E-state index >= 15 is 0 Å². The molecule has 1 aliphatic heterocycles. The fourth-order valence-corrected chi connectivity index (χ4v) is 12.3. The van der Waals surface area contributed by atoms with Crippen LogP contribution in [0.15, 0.2) is 206 Å². The number of nitrogens with zero attached hydrogens (tertiary/aromatic N) is 4. The maximum atomic E-state index is 6.98. The van der Waals surface area contributed by atoms with Crippen molar-refractivity contribution in [1.29, 1.82) is 0 Å². The molecule has 0 aliphatic carbocycles. The molecule has 0 radical (unpaired) electrons. The second kappa shape index (κ2) is 19.0. The number of ether oxygens (including phenoxy) is 1. The first-order valence-electron chi connectivity index (χ1n) is 28.8. The summed E-state index contributed by atoms with van der Waals surface area (Å²) in [6.07, 6.45) is 1.93. The molecule has 4 heterocycles. The van der Waals surface area contributed by atoms with Gasteiger partial charge in [-0.1, -0.05) is 210 Å². The van der Waals surface area contributed by atoms with E-state index in [1.807, 2.05) is 6.20 Å². The normalized spacial score (nSPS) is 13.1. The first-order valence-corrected chi connectivity index (χ1v) is 28.8. The highest BCUT2D eigenvalue weighted by Crippen LogP contribution is 2.47. The van der Waals surface area contributed by atoms with Crippen LogP contribution < -0.4 is 9.64 Å². The summed E-state index contributed by atoms with van der Waals surface area (Å²) in [5, 5.41) is 9.62. The fraction of sp³-hybridized carbons (Fsp3) is 0.224. The minimum absolute atomic E-state index is 0.0288. The van der Waals surface area contributed by atoms with Crippen molar-refractivity contribution >= 4 is 76.5 Å². The van der Waals surface area contributed by atoms with E-state index < -0.39 is 0 Å². The number of hydrogen-bond acceptors (Lipinski definition) is 3. The van der Waals surface area contributed by atoms with Gasteiger partial charge in [-0.3, -0.25) is 4.57 Å². The fourth-order valence-electron chi connectivity index (χ4n) is 12.3. The molecule has 0 saturated carbocycles. The average molecular weight is 1060 g/mol. The van der Waals surface area contributed by atoms with Gasteiger partial charge in [0.05, 0.1) is 27.8 Å². The van der Waals surface area contributed by atoms with Gasteiger partial charge < -0.3 is 14.2 Å². The van der Waals surface area contributed by atoms with Gasteiger partial charge in [-0.15, -0.1) is 0 Å². The molecule has 1 aliphatic rings. The highest BCUT2D eigenvalue weighted by atomic mass is 16.5. The summed E-state index contributed by atoms with van der Waals surface area (Å²) in [5.74, 6) is 2.41. The van der Waals surface area contributed by atoms with Gasteiger partial charge in [0.2, 0.25) is 0 Å². The van der Waals surface area contributed by atoms with Crippen molar-refractivity contribution in [2.75, 3.05) is 4.90 Å². The van der Waals surface area contributed by atoms with Crippen molar-refractivity contribution in [3.8, 4) is 39.6 Å². The van der Waals surface area contributed by atoms with E-state index in [-0.39, 0.29) is 21.7 Å². The minimum atomic E-state index is -0.105. The van der Waals surface area contributed by atoms with Gasteiger partial charge in [0.25, 0.3) is 0 Å². The number of aromatic nitrogens is 3. The number of fused-ring (bicyclic) bond motifs is 10. The molecule has 0 saturated heterocycles. The van der Waals surface area contributed by atoms with E-state index in [4.69, 9.17) is 9.72 Å². The number of para-hydroxylation sites is 3. The van der Waals surface area contributed by atoms with E-state index in [1.54, 1.807) is 0 Å². The van der Waals surface area contributed by atoms with E-state index in [0.29, 0.717) is 6.67 Å². The summed E-state index contributed by atoms with van der Waals surface area (Å²) >= 11 is 0. The Morgan fingerprint density at radius 2 is 0.938 bits per heavy atom. The Labute approximate surface area is 477 Å². The van der Waals surface area contributed by atoms with Gasteiger partial charge in [-0.05, 0) is 143 Å². The number of pyridine rings is 1. The van der Waals surface area contributed by atoms with Gasteiger partial charge >= 0.3 is 0 Å². The molecular weight excluding hydrogens is 985 g/mol. The lowest BCUT2D eigenvalue weighted by molar-refractivity contribution is 0.483. The third-order valence-corrected chi connectivity index (χ3v) is 16.9. The highest BCUT2D eigenvalue weighted by molar-refractivity contribution is 6.22. The van der Waals surface area contributed by atoms with Crippen molar-refractivity contribution in [2.45, 2.75) is 111 Å².